The van der Waals surface area contributed by atoms with E-state index in [4.69, 9.17) is 9.52 Å². The Hall–Kier alpha value is -2.14. The SMILES string of the molecule is Cc1ccncc1C(O)c1ccc(C(=O)O)o1. The number of carboxylic acid groups (broad SMARTS) is 1. The zero-order valence-corrected chi connectivity index (χ0v) is 9.12. The number of aromatic nitrogens is 1. The van der Waals surface area contributed by atoms with Crippen molar-refractivity contribution in [2.75, 3.05) is 0 Å². The van der Waals surface area contributed by atoms with Crippen molar-refractivity contribution in [3.63, 3.8) is 0 Å². The van der Waals surface area contributed by atoms with Crippen LogP contribution < -0.4 is 0 Å². The first kappa shape index (κ1) is 11.3. The number of rotatable bonds is 3. The Morgan fingerprint density at radius 1 is 1.41 bits per heavy atom. The van der Waals surface area contributed by atoms with Crippen molar-refractivity contribution in [2.24, 2.45) is 0 Å². The van der Waals surface area contributed by atoms with Gasteiger partial charge in [0.25, 0.3) is 0 Å². The highest BCUT2D eigenvalue weighted by Crippen LogP contribution is 2.25. The topological polar surface area (TPSA) is 83.6 Å². The molecule has 0 fully saturated rings. The smallest absolute Gasteiger partial charge is 0.371 e. The highest BCUT2D eigenvalue weighted by atomic mass is 16.4. The molecule has 0 bridgehead atoms. The number of hydrogen-bond acceptors (Lipinski definition) is 4. The predicted molar refractivity (Wildman–Crippen MR) is 58.7 cm³/mol. The molecule has 2 aromatic rings. The van der Waals surface area contributed by atoms with Crippen LogP contribution in [0.15, 0.2) is 35.0 Å². The molecular weight excluding hydrogens is 222 g/mol. The number of pyridine rings is 1. The van der Waals surface area contributed by atoms with Gasteiger partial charge in [0.15, 0.2) is 0 Å². The first-order valence-corrected chi connectivity index (χ1v) is 5.01. The first-order valence-electron chi connectivity index (χ1n) is 5.01. The van der Waals surface area contributed by atoms with Crippen LogP contribution in [0.5, 0.6) is 0 Å². The van der Waals surface area contributed by atoms with Gasteiger partial charge in [0.1, 0.15) is 11.9 Å². The third-order valence-corrected chi connectivity index (χ3v) is 2.48. The number of furan rings is 1. The summed E-state index contributed by atoms with van der Waals surface area (Å²) in [5.74, 6) is -1.16. The second-order valence-corrected chi connectivity index (χ2v) is 3.64. The minimum Gasteiger partial charge on any atom is -0.475 e. The zero-order chi connectivity index (χ0) is 12.4. The van der Waals surface area contributed by atoms with Crippen molar-refractivity contribution in [2.45, 2.75) is 13.0 Å². The van der Waals surface area contributed by atoms with Gasteiger partial charge in [0.05, 0.1) is 0 Å². The second-order valence-electron chi connectivity index (χ2n) is 3.64. The number of hydrogen-bond donors (Lipinski definition) is 2. The standard InChI is InChI=1S/C12H11NO4/c1-7-4-5-13-6-8(7)11(14)9-2-3-10(17-9)12(15)16/h2-6,11,14H,1H3,(H,15,16). The molecule has 0 saturated heterocycles. The van der Waals surface area contributed by atoms with Gasteiger partial charge in [-0.25, -0.2) is 4.79 Å². The lowest BCUT2D eigenvalue weighted by Gasteiger charge is -2.10. The third kappa shape index (κ3) is 2.19. The number of carboxylic acids is 1. The predicted octanol–water partition coefficient (Wildman–Crippen LogP) is 1.76. The molecule has 0 amide bonds. The van der Waals surface area contributed by atoms with Gasteiger partial charge >= 0.3 is 5.97 Å². The minimum atomic E-state index is -1.16. The van der Waals surface area contributed by atoms with E-state index in [0.29, 0.717) is 5.56 Å². The summed E-state index contributed by atoms with van der Waals surface area (Å²) in [6, 6.07) is 4.52. The van der Waals surface area contributed by atoms with E-state index >= 15 is 0 Å². The van der Waals surface area contributed by atoms with Crippen molar-refractivity contribution in [3.8, 4) is 0 Å². The quantitative estimate of drug-likeness (QED) is 0.843. The Labute approximate surface area is 97.3 Å². The van der Waals surface area contributed by atoms with Crippen LogP contribution in [0.1, 0.15) is 33.5 Å². The van der Waals surface area contributed by atoms with Gasteiger partial charge < -0.3 is 14.6 Å². The molecule has 2 N–H and O–H groups in total. The molecule has 2 heterocycles. The summed E-state index contributed by atoms with van der Waals surface area (Å²) in [6.07, 6.45) is 2.15. The van der Waals surface area contributed by atoms with E-state index in [0.717, 1.165) is 5.56 Å². The molecule has 5 heteroatoms. The molecule has 0 spiro atoms. The Balaban J connectivity index is 2.34. The molecule has 0 aromatic carbocycles. The molecule has 0 aliphatic carbocycles. The Morgan fingerprint density at radius 2 is 2.18 bits per heavy atom. The van der Waals surface area contributed by atoms with Crippen molar-refractivity contribution >= 4 is 5.97 Å². The highest BCUT2D eigenvalue weighted by molar-refractivity contribution is 5.84. The van der Waals surface area contributed by atoms with Gasteiger partial charge in [-0.3, -0.25) is 4.98 Å². The normalized spacial score (nSPS) is 12.4. The van der Waals surface area contributed by atoms with Crippen molar-refractivity contribution < 1.29 is 19.4 Å². The fraction of sp³-hybridized carbons (Fsp3) is 0.167. The van der Waals surface area contributed by atoms with Gasteiger partial charge in [-0.2, -0.15) is 0 Å². The van der Waals surface area contributed by atoms with Gasteiger partial charge in [-0.05, 0) is 30.7 Å². The number of carbonyl (C=O) groups is 1. The minimum absolute atomic E-state index is 0.193. The summed E-state index contributed by atoms with van der Waals surface area (Å²) in [7, 11) is 0. The lowest BCUT2D eigenvalue weighted by atomic mass is 10.1. The Bertz CT molecular complexity index is 547. The van der Waals surface area contributed by atoms with E-state index in [9.17, 15) is 9.90 Å². The fourth-order valence-corrected chi connectivity index (χ4v) is 1.53. The van der Waals surface area contributed by atoms with Crippen LogP contribution in [0, 0.1) is 6.92 Å². The van der Waals surface area contributed by atoms with Crippen molar-refractivity contribution in [3.05, 3.63) is 53.2 Å². The summed E-state index contributed by atoms with van der Waals surface area (Å²) in [5, 5.41) is 18.8. The van der Waals surface area contributed by atoms with E-state index in [2.05, 4.69) is 4.98 Å². The molecule has 0 saturated carbocycles. The number of aromatic carboxylic acids is 1. The second kappa shape index (κ2) is 4.39. The number of aliphatic hydroxyl groups is 1. The maximum Gasteiger partial charge on any atom is 0.371 e. The number of nitrogens with zero attached hydrogens (tertiary/aromatic N) is 1. The van der Waals surface area contributed by atoms with E-state index in [1.165, 1.54) is 18.3 Å². The van der Waals surface area contributed by atoms with Crippen LogP contribution in [0.25, 0.3) is 0 Å². The lowest BCUT2D eigenvalue weighted by molar-refractivity contribution is 0.0655. The van der Waals surface area contributed by atoms with Gasteiger partial charge in [-0.1, -0.05) is 0 Å². The molecule has 5 nitrogen and oxygen atoms in total. The summed E-state index contributed by atoms with van der Waals surface area (Å²) < 4.78 is 5.04. The van der Waals surface area contributed by atoms with Crippen molar-refractivity contribution in [1.29, 1.82) is 0 Å². The molecule has 88 valence electrons. The Kier molecular flexibility index (Phi) is 2.93. The summed E-state index contributed by atoms with van der Waals surface area (Å²) in [6.45, 7) is 1.83. The molecule has 2 aromatic heterocycles. The van der Waals surface area contributed by atoms with Crippen LogP contribution in [-0.4, -0.2) is 21.2 Å². The molecule has 0 radical (unpaired) electrons. The maximum atomic E-state index is 10.7. The highest BCUT2D eigenvalue weighted by Gasteiger charge is 2.18. The van der Waals surface area contributed by atoms with E-state index in [1.54, 1.807) is 12.3 Å². The summed E-state index contributed by atoms with van der Waals surface area (Å²) in [5.41, 5.74) is 1.46. The van der Waals surface area contributed by atoms with Gasteiger partial charge in [0.2, 0.25) is 5.76 Å². The first-order chi connectivity index (χ1) is 8.09. The molecule has 1 unspecified atom stereocenters. The average Bonchev–Trinajstić information content (AvgIpc) is 2.78. The molecule has 1 atom stereocenters. The summed E-state index contributed by atoms with van der Waals surface area (Å²) in [4.78, 5) is 14.6. The Morgan fingerprint density at radius 3 is 2.76 bits per heavy atom. The lowest BCUT2D eigenvalue weighted by Crippen LogP contribution is -2.01. The fourth-order valence-electron chi connectivity index (χ4n) is 1.53. The molecular formula is C12H11NO4. The number of aryl methyl sites for hydroxylation is 1. The zero-order valence-electron chi connectivity index (χ0n) is 9.12. The largest absolute Gasteiger partial charge is 0.475 e. The monoisotopic (exact) mass is 233 g/mol. The van der Waals surface area contributed by atoms with Crippen molar-refractivity contribution in [1.82, 2.24) is 4.98 Å². The van der Waals surface area contributed by atoms with Crippen LogP contribution in [-0.2, 0) is 0 Å². The van der Waals surface area contributed by atoms with Crippen LogP contribution in [0.3, 0.4) is 0 Å². The van der Waals surface area contributed by atoms with E-state index < -0.39 is 12.1 Å². The van der Waals surface area contributed by atoms with E-state index in [-0.39, 0.29) is 11.5 Å². The van der Waals surface area contributed by atoms with E-state index in [1.807, 2.05) is 6.92 Å². The molecule has 2 rings (SSSR count). The molecule has 0 aliphatic rings. The third-order valence-electron chi connectivity index (χ3n) is 2.48. The number of aliphatic hydroxyl groups excluding tert-OH is 1. The average molecular weight is 233 g/mol. The van der Waals surface area contributed by atoms with Crippen LogP contribution in [0.4, 0.5) is 0 Å². The maximum absolute atomic E-state index is 10.7. The van der Waals surface area contributed by atoms with Crippen LogP contribution in [0.2, 0.25) is 0 Å². The van der Waals surface area contributed by atoms with Crippen LogP contribution >= 0.6 is 0 Å². The van der Waals surface area contributed by atoms with Gasteiger partial charge in [-0.15, -0.1) is 0 Å². The molecule has 17 heavy (non-hydrogen) atoms. The summed E-state index contributed by atoms with van der Waals surface area (Å²) >= 11 is 0. The molecule has 0 aliphatic heterocycles. The van der Waals surface area contributed by atoms with Gasteiger partial charge in [0, 0.05) is 18.0 Å².